The van der Waals surface area contributed by atoms with Gasteiger partial charge in [0.2, 0.25) is 11.8 Å². The van der Waals surface area contributed by atoms with Gasteiger partial charge < -0.3 is 9.26 Å². The number of methoxy groups -OCH3 is 1. The number of carbonyl (C=O) groups excluding carboxylic acids is 1. The normalized spacial score (nSPS) is 11.0. The summed E-state index contributed by atoms with van der Waals surface area (Å²) in [6.45, 7) is 2.20. The van der Waals surface area contributed by atoms with Gasteiger partial charge >= 0.3 is 0 Å². The van der Waals surface area contributed by atoms with E-state index in [-0.39, 0.29) is 12.3 Å². The highest BCUT2D eigenvalue weighted by molar-refractivity contribution is 7.22. The lowest BCUT2D eigenvalue weighted by molar-refractivity contribution is -0.118. The van der Waals surface area contributed by atoms with Crippen molar-refractivity contribution in [2.75, 3.05) is 12.0 Å². The van der Waals surface area contributed by atoms with Crippen LogP contribution in [0.15, 0.2) is 53.1 Å². The molecule has 1 amide bonds. The lowest BCUT2D eigenvalue weighted by Crippen LogP contribution is -2.30. The Kier molecular flexibility index (Phi) is 5.53. The number of hydrogen-bond donors (Lipinski definition) is 0. The summed E-state index contributed by atoms with van der Waals surface area (Å²) in [6, 6.07) is 15.6. The van der Waals surface area contributed by atoms with E-state index in [1.807, 2.05) is 48.5 Å². The standard InChI is InChI=1S/C21H20N4O3S/c1-14-22-19(28-24-14)10-11-20(26)25(13-15-6-4-3-5-7-15)21-23-17-9-8-16(27-2)12-18(17)29-21/h3-9,12H,10-11,13H2,1-2H3. The van der Waals surface area contributed by atoms with Crippen LogP contribution in [0.5, 0.6) is 5.75 Å². The fraction of sp³-hybridized carbons (Fsp3) is 0.238. The van der Waals surface area contributed by atoms with E-state index < -0.39 is 0 Å². The Balaban J connectivity index is 1.61. The number of aromatic nitrogens is 3. The Labute approximate surface area is 171 Å². The predicted octanol–water partition coefficient (Wildman–Crippen LogP) is 4.16. The molecule has 0 radical (unpaired) electrons. The molecule has 0 unspecified atom stereocenters. The molecule has 0 atom stereocenters. The molecule has 0 saturated heterocycles. The molecule has 8 heteroatoms. The molecule has 7 nitrogen and oxygen atoms in total. The van der Waals surface area contributed by atoms with Crippen molar-refractivity contribution in [1.29, 1.82) is 0 Å². The Hall–Kier alpha value is -3.26. The lowest BCUT2D eigenvalue weighted by atomic mass is 10.2. The highest BCUT2D eigenvalue weighted by Crippen LogP contribution is 2.32. The minimum atomic E-state index is -0.0456. The summed E-state index contributed by atoms with van der Waals surface area (Å²) in [5, 5.41) is 4.43. The van der Waals surface area contributed by atoms with Gasteiger partial charge in [-0.2, -0.15) is 4.98 Å². The van der Waals surface area contributed by atoms with Crippen molar-refractivity contribution >= 4 is 32.6 Å². The van der Waals surface area contributed by atoms with Crippen molar-refractivity contribution in [2.45, 2.75) is 26.3 Å². The highest BCUT2D eigenvalue weighted by Gasteiger charge is 2.21. The molecular weight excluding hydrogens is 388 g/mol. The average molecular weight is 408 g/mol. The van der Waals surface area contributed by atoms with Crippen molar-refractivity contribution < 1.29 is 14.1 Å². The van der Waals surface area contributed by atoms with Crippen LogP contribution < -0.4 is 9.64 Å². The van der Waals surface area contributed by atoms with Crippen LogP contribution in [0.4, 0.5) is 5.13 Å². The Morgan fingerprint density at radius 3 is 2.72 bits per heavy atom. The molecular formula is C21H20N4O3S. The van der Waals surface area contributed by atoms with E-state index in [0.717, 1.165) is 21.5 Å². The summed E-state index contributed by atoms with van der Waals surface area (Å²) in [5.41, 5.74) is 1.87. The zero-order valence-electron chi connectivity index (χ0n) is 16.2. The molecule has 0 bridgehead atoms. The number of carbonyl (C=O) groups is 1. The molecule has 0 N–H and O–H groups in total. The van der Waals surface area contributed by atoms with E-state index in [2.05, 4.69) is 15.1 Å². The third-order valence-corrected chi connectivity index (χ3v) is 5.46. The number of amides is 1. The molecule has 4 aromatic rings. The SMILES string of the molecule is COc1ccc2nc(N(Cc3ccccc3)C(=O)CCc3nc(C)no3)sc2c1. The monoisotopic (exact) mass is 408 g/mol. The summed E-state index contributed by atoms with van der Waals surface area (Å²) < 4.78 is 11.4. The van der Waals surface area contributed by atoms with Crippen molar-refractivity contribution in [2.24, 2.45) is 0 Å². The first-order valence-electron chi connectivity index (χ1n) is 9.20. The molecule has 0 aliphatic heterocycles. The Bertz CT molecular complexity index is 1120. The smallest absolute Gasteiger partial charge is 0.229 e. The molecule has 29 heavy (non-hydrogen) atoms. The zero-order chi connectivity index (χ0) is 20.2. The van der Waals surface area contributed by atoms with Gasteiger partial charge in [-0.05, 0) is 30.7 Å². The van der Waals surface area contributed by atoms with Crippen molar-refractivity contribution in [1.82, 2.24) is 15.1 Å². The van der Waals surface area contributed by atoms with E-state index in [4.69, 9.17) is 9.26 Å². The van der Waals surface area contributed by atoms with Crippen LogP contribution in [0.1, 0.15) is 23.7 Å². The number of thiazole rings is 1. The van der Waals surface area contributed by atoms with Gasteiger partial charge in [-0.25, -0.2) is 4.98 Å². The van der Waals surface area contributed by atoms with Gasteiger partial charge in [-0.15, -0.1) is 0 Å². The average Bonchev–Trinajstić information content (AvgIpc) is 3.36. The van der Waals surface area contributed by atoms with Gasteiger partial charge in [-0.3, -0.25) is 9.69 Å². The molecule has 2 aromatic heterocycles. The summed E-state index contributed by atoms with van der Waals surface area (Å²) >= 11 is 1.47. The second kappa shape index (κ2) is 8.40. The van der Waals surface area contributed by atoms with Gasteiger partial charge in [0.05, 0.1) is 23.9 Å². The van der Waals surface area contributed by atoms with Crippen LogP contribution in [0.25, 0.3) is 10.2 Å². The summed E-state index contributed by atoms with van der Waals surface area (Å²) in [4.78, 5) is 23.7. The minimum Gasteiger partial charge on any atom is -0.497 e. The first-order valence-corrected chi connectivity index (χ1v) is 10.0. The van der Waals surface area contributed by atoms with Gasteiger partial charge in [0.15, 0.2) is 11.0 Å². The van der Waals surface area contributed by atoms with E-state index in [0.29, 0.717) is 29.8 Å². The molecule has 0 fully saturated rings. The first-order chi connectivity index (χ1) is 14.1. The quantitative estimate of drug-likeness (QED) is 0.457. The number of anilines is 1. The van der Waals surface area contributed by atoms with E-state index in [1.165, 1.54) is 11.3 Å². The topological polar surface area (TPSA) is 81.4 Å². The molecule has 0 saturated carbocycles. The maximum absolute atomic E-state index is 13.1. The van der Waals surface area contributed by atoms with Crippen molar-refractivity contribution in [3.8, 4) is 5.75 Å². The van der Waals surface area contributed by atoms with E-state index in [9.17, 15) is 4.79 Å². The minimum absolute atomic E-state index is 0.0456. The van der Waals surface area contributed by atoms with Crippen molar-refractivity contribution in [3.05, 3.63) is 65.8 Å². The fourth-order valence-electron chi connectivity index (χ4n) is 2.95. The maximum Gasteiger partial charge on any atom is 0.229 e. The molecule has 2 aromatic carbocycles. The van der Waals surface area contributed by atoms with Crippen LogP contribution in [0.3, 0.4) is 0 Å². The molecule has 148 valence electrons. The Morgan fingerprint density at radius 1 is 1.17 bits per heavy atom. The number of hydrogen-bond acceptors (Lipinski definition) is 7. The number of rotatable bonds is 7. The van der Waals surface area contributed by atoms with Crippen LogP contribution in [0.2, 0.25) is 0 Å². The third-order valence-electron chi connectivity index (χ3n) is 4.42. The number of ether oxygens (including phenoxy) is 1. The van der Waals surface area contributed by atoms with Gasteiger partial charge in [0.1, 0.15) is 5.75 Å². The third kappa shape index (κ3) is 4.43. The number of fused-ring (bicyclic) bond motifs is 1. The first kappa shape index (κ1) is 19.1. The molecule has 4 rings (SSSR count). The van der Waals surface area contributed by atoms with Gasteiger partial charge in [0, 0.05) is 12.8 Å². The lowest BCUT2D eigenvalue weighted by Gasteiger charge is -2.19. The molecule has 0 aliphatic rings. The largest absolute Gasteiger partial charge is 0.497 e. The highest BCUT2D eigenvalue weighted by atomic mass is 32.1. The number of aryl methyl sites for hydroxylation is 2. The van der Waals surface area contributed by atoms with Gasteiger partial charge in [-0.1, -0.05) is 46.8 Å². The predicted molar refractivity (Wildman–Crippen MR) is 111 cm³/mol. The maximum atomic E-state index is 13.1. The van der Waals surface area contributed by atoms with E-state index >= 15 is 0 Å². The number of benzene rings is 2. The summed E-state index contributed by atoms with van der Waals surface area (Å²) in [5.74, 6) is 1.74. The summed E-state index contributed by atoms with van der Waals surface area (Å²) in [7, 11) is 1.63. The van der Waals surface area contributed by atoms with Crippen molar-refractivity contribution in [3.63, 3.8) is 0 Å². The van der Waals surface area contributed by atoms with Crippen LogP contribution in [-0.4, -0.2) is 28.1 Å². The van der Waals surface area contributed by atoms with Crippen LogP contribution >= 0.6 is 11.3 Å². The second-order valence-corrected chi connectivity index (χ2v) is 7.54. The molecule has 2 heterocycles. The molecule has 0 spiro atoms. The number of nitrogens with zero attached hydrogens (tertiary/aromatic N) is 4. The van der Waals surface area contributed by atoms with Crippen LogP contribution in [0, 0.1) is 6.92 Å². The van der Waals surface area contributed by atoms with Crippen LogP contribution in [-0.2, 0) is 17.8 Å². The van der Waals surface area contributed by atoms with Gasteiger partial charge in [0.25, 0.3) is 0 Å². The van der Waals surface area contributed by atoms with E-state index in [1.54, 1.807) is 18.9 Å². The zero-order valence-corrected chi connectivity index (χ0v) is 17.0. The summed E-state index contributed by atoms with van der Waals surface area (Å²) in [6.07, 6.45) is 0.650. The Morgan fingerprint density at radius 2 is 2.00 bits per heavy atom. The second-order valence-electron chi connectivity index (χ2n) is 6.53. The molecule has 0 aliphatic carbocycles. The fourth-order valence-corrected chi connectivity index (χ4v) is 3.96.